The molecule has 0 amide bonds. The van der Waals surface area contributed by atoms with Crippen LogP contribution in [-0.2, 0) is 5.33 Å². The van der Waals surface area contributed by atoms with Crippen LogP contribution in [0.2, 0.25) is 0 Å². The molecule has 0 aromatic heterocycles. The summed E-state index contributed by atoms with van der Waals surface area (Å²) < 4.78 is 14.5. The molecule has 0 fully saturated rings. The maximum absolute atomic E-state index is 13.8. The molecule has 3 N–H and O–H groups in total. The molecule has 0 aliphatic heterocycles. The minimum absolute atomic E-state index is 0.0366. The fraction of sp³-hybridized carbons (Fsp3) is 0.111. The first kappa shape index (κ1) is 13.5. The largest absolute Gasteiger partial charge is 0.375 e. The number of alkyl halides is 1. The number of hydrogen-bond acceptors (Lipinski definition) is 2. The maximum atomic E-state index is 13.8. The molecule has 7 heteroatoms. The molecule has 1 rings (SSSR count). The second kappa shape index (κ2) is 6.27. The fourth-order valence-corrected chi connectivity index (χ4v) is 2.43. The van der Waals surface area contributed by atoms with Crippen LogP contribution < -0.4 is 11.2 Å². The zero-order valence-corrected chi connectivity index (χ0v) is 12.0. The zero-order chi connectivity index (χ0) is 12.1. The number of nitrogens with one attached hydrogen (secondary N) is 1. The molecular formula is C9H8Br2FN3S. The van der Waals surface area contributed by atoms with Gasteiger partial charge in [0, 0.05) is 20.9 Å². The lowest BCUT2D eigenvalue weighted by Crippen LogP contribution is -2.24. The Morgan fingerprint density at radius 2 is 2.31 bits per heavy atom. The van der Waals surface area contributed by atoms with Crippen molar-refractivity contribution in [1.29, 1.82) is 0 Å². The fourth-order valence-electron chi connectivity index (χ4n) is 1.00. The summed E-state index contributed by atoms with van der Waals surface area (Å²) in [6.45, 7) is 0. The van der Waals surface area contributed by atoms with E-state index < -0.39 is 0 Å². The number of benzene rings is 1. The predicted molar refractivity (Wildman–Crippen MR) is 74.2 cm³/mol. The number of halogens is 3. The van der Waals surface area contributed by atoms with Crippen molar-refractivity contribution >= 4 is 55.4 Å². The highest BCUT2D eigenvalue weighted by molar-refractivity contribution is 9.10. The van der Waals surface area contributed by atoms with Crippen LogP contribution in [0.5, 0.6) is 0 Å². The summed E-state index contributed by atoms with van der Waals surface area (Å²) in [6, 6.07) is 3.36. The third-order valence-electron chi connectivity index (χ3n) is 1.73. The number of thiocarbonyl (C=S) groups is 1. The van der Waals surface area contributed by atoms with E-state index in [4.69, 9.17) is 5.73 Å². The van der Waals surface area contributed by atoms with Gasteiger partial charge >= 0.3 is 0 Å². The van der Waals surface area contributed by atoms with Crippen LogP contribution in [0.4, 0.5) is 4.39 Å². The maximum Gasteiger partial charge on any atom is 0.184 e. The second-order valence-corrected chi connectivity index (χ2v) is 4.65. The van der Waals surface area contributed by atoms with E-state index in [0.29, 0.717) is 20.9 Å². The van der Waals surface area contributed by atoms with Gasteiger partial charge in [0.25, 0.3) is 0 Å². The highest BCUT2D eigenvalue weighted by Crippen LogP contribution is 2.24. The van der Waals surface area contributed by atoms with E-state index in [-0.39, 0.29) is 10.9 Å². The smallest absolute Gasteiger partial charge is 0.184 e. The summed E-state index contributed by atoms with van der Waals surface area (Å²) in [4.78, 5) is 0. The Hall–Kier alpha value is -0.530. The SMILES string of the molecule is NC(=S)NN=Cc1ccc(Br)c(CBr)c1F. The van der Waals surface area contributed by atoms with Gasteiger partial charge in [0.2, 0.25) is 0 Å². The van der Waals surface area contributed by atoms with Crippen LogP contribution in [-0.4, -0.2) is 11.3 Å². The molecule has 0 unspecified atom stereocenters. The van der Waals surface area contributed by atoms with Crippen LogP contribution >= 0.6 is 44.1 Å². The minimum Gasteiger partial charge on any atom is -0.375 e. The highest BCUT2D eigenvalue weighted by atomic mass is 79.9. The second-order valence-electron chi connectivity index (χ2n) is 2.80. The summed E-state index contributed by atoms with van der Waals surface area (Å²) >= 11 is 11.0. The zero-order valence-electron chi connectivity index (χ0n) is 8.01. The number of nitrogens with two attached hydrogens (primary N) is 1. The van der Waals surface area contributed by atoms with E-state index >= 15 is 0 Å². The molecular weight excluding hydrogens is 361 g/mol. The van der Waals surface area contributed by atoms with E-state index in [2.05, 4.69) is 54.6 Å². The topological polar surface area (TPSA) is 50.4 Å². The lowest BCUT2D eigenvalue weighted by Gasteiger charge is -2.05. The summed E-state index contributed by atoms with van der Waals surface area (Å²) in [5.41, 5.74) is 8.44. The lowest BCUT2D eigenvalue weighted by atomic mass is 10.1. The first-order valence-corrected chi connectivity index (χ1v) is 6.50. The molecule has 1 aromatic carbocycles. The van der Waals surface area contributed by atoms with Gasteiger partial charge in [-0.3, -0.25) is 5.43 Å². The molecule has 3 nitrogen and oxygen atoms in total. The van der Waals surface area contributed by atoms with Crippen molar-refractivity contribution in [1.82, 2.24) is 5.43 Å². The van der Waals surface area contributed by atoms with Gasteiger partial charge in [-0.25, -0.2) is 4.39 Å². The quantitative estimate of drug-likeness (QED) is 0.373. The molecule has 0 aliphatic carbocycles. The molecule has 0 radical (unpaired) electrons. The van der Waals surface area contributed by atoms with Crippen molar-refractivity contribution in [3.63, 3.8) is 0 Å². The van der Waals surface area contributed by atoms with Crippen LogP contribution in [0, 0.1) is 5.82 Å². The molecule has 0 saturated heterocycles. The first-order chi connectivity index (χ1) is 7.56. The summed E-state index contributed by atoms with van der Waals surface area (Å²) in [7, 11) is 0. The number of nitrogens with zero attached hydrogens (tertiary/aromatic N) is 1. The first-order valence-electron chi connectivity index (χ1n) is 4.17. The van der Waals surface area contributed by atoms with E-state index in [1.807, 2.05) is 0 Å². The standard InChI is InChI=1S/C9H8Br2FN3S/c10-3-6-7(11)2-1-5(8(6)12)4-14-15-9(13)16/h1-2,4H,3H2,(H3,13,15,16). The van der Waals surface area contributed by atoms with Gasteiger partial charge in [-0.05, 0) is 24.4 Å². The summed E-state index contributed by atoms with van der Waals surface area (Å²) in [5.74, 6) is -0.334. The molecule has 1 aromatic rings. The van der Waals surface area contributed by atoms with Gasteiger partial charge in [0.1, 0.15) is 5.82 Å². The Morgan fingerprint density at radius 3 is 2.88 bits per heavy atom. The van der Waals surface area contributed by atoms with E-state index in [9.17, 15) is 4.39 Å². The van der Waals surface area contributed by atoms with Crippen molar-refractivity contribution in [2.24, 2.45) is 10.8 Å². The van der Waals surface area contributed by atoms with Crippen molar-refractivity contribution in [2.45, 2.75) is 5.33 Å². The van der Waals surface area contributed by atoms with Crippen molar-refractivity contribution in [3.8, 4) is 0 Å². The number of hydrogen-bond donors (Lipinski definition) is 2. The molecule has 16 heavy (non-hydrogen) atoms. The average Bonchev–Trinajstić information content (AvgIpc) is 2.22. The van der Waals surface area contributed by atoms with Crippen LogP contribution in [0.15, 0.2) is 21.7 Å². The van der Waals surface area contributed by atoms with E-state index in [1.54, 1.807) is 12.1 Å². The average molecular weight is 369 g/mol. The number of rotatable bonds is 3. The Labute approximate surface area is 115 Å². The molecule has 0 aliphatic rings. The molecule has 0 bridgehead atoms. The van der Waals surface area contributed by atoms with E-state index in [1.165, 1.54) is 6.21 Å². The van der Waals surface area contributed by atoms with Crippen LogP contribution in [0.3, 0.4) is 0 Å². The van der Waals surface area contributed by atoms with Crippen molar-refractivity contribution < 1.29 is 4.39 Å². The van der Waals surface area contributed by atoms with Gasteiger partial charge < -0.3 is 5.73 Å². The Balaban J connectivity index is 2.98. The molecule has 86 valence electrons. The Morgan fingerprint density at radius 1 is 1.62 bits per heavy atom. The third-order valence-corrected chi connectivity index (χ3v) is 3.12. The van der Waals surface area contributed by atoms with E-state index in [0.717, 1.165) is 0 Å². The molecule has 0 atom stereocenters. The Bertz CT molecular complexity index is 437. The predicted octanol–water partition coefficient (Wildman–Crippen LogP) is 2.65. The lowest BCUT2D eigenvalue weighted by molar-refractivity contribution is 0.614. The van der Waals surface area contributed by atoms with Gasteiger partial charge in [-0.15, -0.1) is 0 Å². The van der Waals surface area contributed by atoms with Gasteiger partial charge in [-0.2, -0.15) is 5.10 Å². The highest BCUT2D eigenvalue weighted by Gasteiger charge is 2.09. The van der Waals surface area contributed by atoms with Gasteiger partial charge in [0.15, 0.2) is 5.11 Å². The van der Waals surface area contributed by atoms with Crippen LogP contribution in [0.25, 0.3) is 0 Å². The molecule has 0 spiro atoms. The van der Waals surface area contributed by atoms with Crippen molar-refractivity contribution in [2.75, 3.05) is 0 Å². The van der Waals surface area contributed by atoms with Crippen molar-refractivity contribution in [3.05, 3.63) is 33.5 Å². The molecule has 0 heterocycles. The summed E-state index contributed by atoms with van der Waals surface area (Å²) in [5, 5.41) is 4.15. The minimum atomic E-state index is -0.334. The number of hydrazone groups is 1. The monoisotopic (exact) mass is 367 g/mol. The normalized spacial score (nSPS) is 10.7. The van der Waals surface area contributed by atoms with Crippen LogP contribution in [0.1, 0.15) is 11.1 Å². The summed E-state index contributed by atoms with van der Waals surface area (Å²) in [6.07, 6.45) is 1.33. The van der Waals surface area contributed by atoms with Gasteiger partial charge in [0.05, 0.1) is 6.21 Å². The molecule has 0 saturated carbocycles. The van der Waals surface area contributed by atoms with Gasteiger partial charge in [-0.1, -0.05) is 31.9 Å². The third kappa shape index (κ3) is 3.50. The Kier molecular flexibility index (Phi) is 5.30.